The quantitative estimate of drug-likeness (QED) is 0.822. The Morgan fingerprint density at radius 1 is 1.45 bits per heavy atom. The minimum Gasteiger partial charge on any atom is -0.469 e. The van der Waals surface area contributed by atoms with Crippen LogP contribution in [0.3, 0.4) is 0 Å². The van der Waals surface area contributed by atoms with Gasteiger partial charge in [0.2, 0.25) is 0 Å². The Morgan fingerprint density at radius 2 is 2.25 bits per heavy atom. The highest BCUT2D eigenvalue weighted by atomic mass is 79.9. The lowest BCUT2D eigenvalue weighted by Gasteiger charge is -2.13. The molecule has 0 aliphatic rings. The maximum absolute atomic E-state index is 12.1. The Kier molecular flexibility index (Phi) is 4.84. The molecule has 1 aromatic heterocycles. The van der Waals surface area contributed by atoms with Gasteiger partial charge < -0.3 is 15.5 Å². The summed E-state index contributed by atoms with van der Waals surface area (Å²) < 4.78 is 6.07. The summed E-state index contributed by atoms with van der Waals surface area (Å²) in [7, 11) is 0. The summed E-state index contributed by atoms with van der Waals surface area (Å²) in [6.45, 7) is 1.97. The average Bonchev–Trinajstić information content (AvgIpc) is 2.88. The highest BCUT2D eigenvalue weighted by Gasteiger charge is 2.11. The Labute approximate surface area is 126 Å². The molecule has 0 bridgehead atoms. The van der Waals surface area contributed by atoms with Crippen LogP contribution in [0.2, 0.25) is 0 Å². The number of hydrogen-bond donors (Lipinski definition) is 2. The molecule has 1 amide bonds. The number of amides is 1. The van der Waals surface area contributed by atoms with Crippen molar-refractivity contribution in [1.29, 1.82) is 0 Å². The van der Waals surface area contributed by atoms with Gasteiger partial charge in [0.1, 0.15) is 5.76 Å². The van der Waals surface area contributed by atoms with Crippen LogP contribution in [0.5, 0.6) is 0 Å². The van der Waals surface area contributed by atoms with Crippen LogP contribution in [-0.4, -0.2) is 11.9 Å². The van der Waals surface area contributed by atoms with Gasteiger partial charge in [-0.1, -0.05) is 15.9 Å². The van der Waals surface area contributed by atoms with Crippen molar-refractivity contribution in [3.05, 3.63) is 52.4 Å². The molecular formula is C15H17BrN2O2. The summed E-state index contributed by atoms with van der Waals surface area (Å²) in [5, 5.41) is 2.96. The predicted molar refractivity (Wildman–Crippen MR) is 82.5 cm³/mol. The summed E-state index contributed by atoms with van der Waals surface area (Å²) in [6, 6.07) is 9.04. The van der Waals surface area contributed by atoms with Gasteiger partial charge in [0, 0.05) is 28.2 Å². The minimum absolute atomic E-state index is 0.0628. The number of nitrogens with one attached hydrogen (secondary N) is 1. The zero-order valence-electron chi connectivity index (χ0n) is 11.2. The molecule has 1 unspecified atom stereocenters. The van der Waals surface area contributed by atoms with Crippen molar-refractivity contribution in [2.45, 2.75) is 25.8 Å². The SMILES string of the molecule is CC(CCc1ccco1)NC(=O)c1cc(N)cc(Br)c1. The lowest BCUT2D eigenvalue weighted by molar-refractivity contribution is 0.0938. The van der Waals surface area contributed by atoms with Crippen molar-refractivity contribution < 1.29 is 9.21 Å². The van der Waals surface area contributed by atoms with Gasteiger partial charge in [-0.3, -0.25) is 4.79 Å². The molecule has 4 nitrogen and oxygen atoms in total. The third kappa shape index (κ3) is 4.13. The summed E-state index contributed by atoms with van der Waals surface area (Å²) in [5.41, 5.74) is 6.85. The maximum atomic E-state index is 12.1. The first-order valence-corrected chi connectivity index (χ1v) is 7.23. The van der Waals surface area contributed by atoms with Crippen molar-refractivity contribution in [3.8, 4) is 0 Å². The third-order valence-corrected chi connectivity index (χ3v) is 3.42. The van der Waals surface area contributed by atoms with E-state index in [4.69, 9.17) is 10.2 Å². The summed E-state index contributed by atoms with van der Waals surface area (Å²) in [5.74, 6) is 0.808. The second-order valence-corrected chi connectivity index (χ2v) is 5.68. The van der Waals surface area contributed by atoms with Gasteiger partial charge >= 0.3 is 0 Å². The van der Waals surface area contributed by atoms with E-state index in [0.29, 0.717) is 11.3 Å². The Morgan fingerprint density at radius 3 is 2.90 bits per heavy atom. The number of nitrogen functional groups attached to an aromatic ring is 1. The molecule has 20 heavy (non-hydrogen) atoms. The molecule has 0 radical (unpaired) electrons. The Bertz CT molecular complexity index is 561. The van der Waals surface area contributed by atoms with Crippen LogP contribution in [0, 0.1) is 0 Å². The van der Waals surface area contributed by atoms with Crippen molar-refractivity contribution in [1.82, 2.24) is 5.32 Å². The van der Waals surface area contributed by atoms with E-state index < -0.39 is 0 Å². The topological polar surface area (TPSA) is 68.3 Å². The standard InChI is InChI=1S/C15H17BrN2O2/c1-10(4-5-14-3-2-6-20-14)18-15(19)11-7-12(16)9-13(17)8-11/h2-3,6-10H,4-5,17H2,1H3,(H,18,19). The number of halogens is 1. The van der Waals surface area contributed by atoms with E-state index in [-0.39, 0.29) is 11.9 Å². The number of hydrogen-bond acceptors (Lipinski definition) is 3. The van der Waals surface area contributed by atoms with Crippen molar-refractivity contribution >= 4 is 27.5 Å². The largest absolute Gasteiger partial charge is 0.469 e. The van der Waals surface area contributed by atoms with Crippen molar-refractivity contribution in [2.75, 3.05) is 5.73 Å². The zero-order valence-corrected chi connectivity index (χ0v) is 12.8. The zero-order chi connectivity index (χ0) is 14.5. The number of rotatable bonds is 5. The monoisotopic (exact) mass is 336 g/mol. The lowest BCUT2D eigenvalue weighted by Crippen LogP contribution is -2.32. The number of benzene rings is 1. The summed E-state index contributed by atoms with van der Waals surface area (Å²) >= 11 is 3.33. The smallest absolute Gasteiger partial charge is 0.251 e. The third-order valence-electron chi connectivity index (χ3n) is 2.96. The molecule has 1 atom stereocenters. The molecule has 0 saturated heterocycles. The fraction of sp³-hybridized carbons (Fsp3) is 0.267. The molecule has 2 rings (SSSR count). The van der Waals surface area contributed by atoms with Crippen LogP contribution in [0.1, 0.15) is 29.5 Å². The lowest BCUT2D eigenvalue weighted by atomic mass is 10.1. The van der Waals surface area contributed by atoms with Gasteiger partial charge in [-0.25, -0.2) is 0 Å². The molecule has 0 aliphatic heterocycles. The first-order valence-electron chi connectivity index (χ1n) is 6.44. The van der Waals surface area contributed by atoms with E-state index in [1.54, 1.807) is 24.5 Å². The Hall–Kier alpha value is -1.75. The molecular weight excluding hydrogens is 320 g/mol. The number of anilines is 1. The average molecular weight is 337 g/mol. The first kappa shape index (κ1) is 14.7. The van der Waals surface area contributed by atoms with Gasteiger partial charge in [0.25, 0.3) is 5.91 Å². The molecule has 106 valence electrons. The van der Waals surface area contributed by atoms with Crippen molar-refractivity contribution in [3.63, 3.8) is 0 Å². The molecule has 1 heterocycles. The van der Waals surface area contributed by atoms with Crippen LogP contribution >= 0.6 is 15.9 Å². The van der Waals surface area contributed by atoms with Gasteiger partial charge in [-0.15, -0.1) is 0 Å². The van der Waals surface area contributed by atoms with Crippen molar-refractivity contribution in [2.24, 2.45) is 0 Å². The van der Waals surface area contributed by atoms with E-state index >= 15 is 0 Å². The molecule has 0 saturated carbocycles. The van der Waals surface area contributed by atoms with E-state index in [1.807, 2.05) is 19.1 Å². The minimum atomic E-state index is -0.120. The van der Waals surface area contributed by atoms with Gasteiger partial charge in [0.15, 0.2) is 0 Å². The highest BCUT2D eigenvalue weighted by molar-refractivity contribution is 9.10. The fourth-order valence-corrected chi connectivity index (χ4v) is 2.45. The number of furan rings is 1. The van der Waals surface area contributed by atoms with Gasteiger partial charge in [0.05, 0.1) is 6.26 Å². The van der Waals surface area contributed by atoms with Crippen LogP contribution in [0.25, 0.3) is 0 Å². The van der Waals surface area contributed by atoms with E-state index in [1.165, 1.54) is 0 Å². The van der Waals surface area contributed by atoms with Crippen LogP contribution < -0.4 is 11.1 Å². The van der Waals surface area contributed by atoms with E-state index in [2.05, 4.69) is 21.2 Å². The number of carbonyl (C=O) groups excluding carboxylic acids is 1. The number of carbonyl (C=O) groups is 1. The van der Waals surface area contributed by atoms with Gasteiger partial charge in [-0.05, 0) is 43.7 Å². The molecule has 5 heteroatoms. The van der Waals surface area contributed by atoms with Crippen LogP contribution in [0.4, 0.5) is 5.69 Å². The number of aryl methyl sites for hydroxylation is 1. The second kappa shape index (κ2) is 6.61. The Balaban J connectivity index is 1.90. The molecule has 0 fully saturated rings. The van der Waals surface area contributed by atoms with E-state index in [0.717, 1.165) is 23.1 Å². The summed E-state index contributed by atoms with van der Waals surface area (Å²) in [6.07, 6.45) is 3.28. The molecule has 0 spiro atoms. The van der Waals surface area contributed by atoms with Crippen LogP contribution in [-0.2, 0) is 6.42 Å². The maximum Gasteiger partial charge on any atom is 0.251 e. The second-order valence-electron chi connectivity index (χ2n) is 4.77. The fourth-order valence-electron chi connectivity index (χ4n) is 1.94. The molecule has 2 aromatic rings. The van der Waals surface area contributed by atoms with Gasteiger partial charge in [-0.2, -0.15) is 0 Å². The highest BCUT2D eigenvalue weighted by Crippen LogP contribution is 2.17. The summed E-state index contributed by atoms with van der Waals surface area (Å²) in [4.78, 5) is 12.1. The predicted octanol–water partition coefficient (Wildman–Crippen LogP) is 3.38. The van der Waals surface area contributed by atoms with Crippen LogP contribution in [0.15, 0.2) is 45.5 Å². The molecule has 3 N–H and O–H groups in total. The first-order chi connectivity index (χ1) is 9.54. The normalized spacial score (nSPS) is 12.1. The van der Waals surface area contributed by atoms with E-state index in [9.17, 15) is 4.79 Å². The molecule has 1 aromatic carbocycles. The number of nitrogens with two attached hydrogens (primary N) is 1. The molecule has 0 aliphatic carbocycles.